The standard InChI is InChI=1S/C24H24F3N5O/c25-24(26,27)18-5-3-4-17(14-18)20-10-11-21-22(31-20)32(13-2-1-12-29-21)23(33)30-19-8-6-16(15-28)7-9-19/h3-11,14,29H,1-2,12-13,15,28H2,(H,30,33). The first-order chi connectivity index (χ1) is 15.8. The predicted molar refractivity (Wildman–Crippen MR) is 123 cm³/mol. The number of anilines is 3. The number of amides is 2. The number of pyridine rings is 1. The van der Waals surface area contributed by atoms with Crippen LogP contribution in [0.1, 0.15) is 24.0 Å². The van der Waals surface area contributed by atoms with Gasteiger partial charge in [-0.3, -0.25) is 4.90 Å². The Kier molecular flexibility index (Phi) is 6.50. The van der Waals surface area contributed by atoms with Crippen LogP contribution in [0.4, 0.5) is 35.2 Å². The molecule has 9 heteroatoms. The molecule has 0 saturated heterocycles. The Hall–Kier alpha value is -3.59. The number of benzene rings is 2. The highest BCUT2D eigenvalue weighted by Crippen LogP contribution is 2.34. The molecule has 0 atom stereocenters. The largest absolute Gasteiger partial charge is 0.416 e. The molecule has 2 aromatic carbocycles. The average molecular weight is 455 g/mol. The molecule has 4 rings (SSSR count). The van der Waals surface area contributed by atoms with Crippen molar-refractivity contribution in [1.29, 1.82) is 0 Å². The molecule has 172 valence electrons. The summed E-state index contributed by atoms with van der Waals surface area (Å²) in [5.41, 5.74) is 7.77. The Balaban J connectivity index is 1.67. The molecule has 0 radical (unpaired) electrons. The SMILES string of the molecule is NCc1ccc(NC(=O)N2CCCCNc3ccc(-c4cccc(C(F)(F)F)c4)nc32)cc1. The van der Waals surface area contributed by atoms with Gasteiger partial charge in [-0.1, -0.05) is 24.3 Å². The van der Waals surface area contributed by atoms with Gasteiger partial charge in [0.15, 0.2) is 5.82 Å². The van der Waals surface area contributed by atoms with Crippen LogP contribution in [0, 0.1) is 0 Å². The fourth-order valence-corrected chi connectivity index (χ4v) is 3.64. The molecule has 0 saturated carbocycles. The van der Waals surface area contributed by atoms with Crippen molar-refractivity contribution in [2.75, 3.05) is 28.6 Å². The first-order valence-electron chi connectivity index (χ1n) is 10.7. The summed E-state index contributed by atoms with van der Waals surface area (Å²) in [7, 11) is 0. The van der Waals surface area contributed by atoms with Crippen LogP contribution in [0.2, 0.25) is 0 Å². The molecule has 1 aliphatic rings. The fraction of sp³-hybridized carbons (Fsp3) is 0.250. The van der Waals surface area contributed by atoms with E-state index in [2.05, 4.69) is 15.6 Å². The topological polar surface area (TPSA) is 83.3 Å². The molecule has 6 nitrogen and oxygen atoms in total. The Bertz CT molecular complexity index is 1130. The molecule has 4 N–H and O–H groups in total. The van der Waals surface area contributed by atoms with Gasteiger partial charge in [0.2, 0.25) is 0 Å². The Morgan fingerprint density at radius 1 is 1.09 bits per heavy atom. The minimum absolute atomic E-state index is 0.326. The predicted octanol–water partition coefficient (Wildman–Crippen LogP) is 5.47. The molecule has 1 aromatic heterocycles. The number of carbonyl (C=O) groups is 1. The zero-order chi connectivity index (χ0) is 23.4. The number of hydrogen-bond donors (Lipinski definition) is 3. The van der Waals surface area contributed by atoms with Crippen LogP contribution in [0.3, 0.4) is 0 Å². The van der Waals surface area contributed by atoms with Gasteiger partial charge in [-0.05, 0) is 54.8 Å². The minimum Gasteiger partial charge on any atom is -0.382 e. The molecular weight excluding hydrogens is 431 g/mol. The van der Waals surface area contributed by atoms with Gasteiger partial charge in [0.25, 0.3) is 0 Å². The van der Waals surface area contributed by atoms with E-state index >= 15 is 0 Å². The first kappa shape index (κ1) is 22.6. The number of rotatable bonds is 3. The van der Waals surface area contributed by atoms with Crippen LogP contribution in [-0.4, -0.2) is 24.1 Å². The number of fused-ring (bicyclic) bond motifs is 1. The molecule has 0 bridgehead atoms. The molecule has 33 heavy (non-hydrogen) atoms. The smallest absolute Gasteiger partial charge is 0.382 e. The van der Waals surface area contributed by atoms with Crippen molar-refractivity contribution in [2.45, 2.75) is 25.6 Å². The number of halogens is 3. The summed E-state index contributed by atoms with van der Waals surface area (Å²) >= 11 is 0. The summed E-state index contributed by atoms with van der Waals surface area (Å²) in [5.74, 6) is 0.376. The number of hydrogen-bond acceptors (Lipinski definition) is 4. The summed E-state index contributed by atoms with van der Waals surface area (Å²) in [6, 6.07) is 15.3. The van der Waals surface area contributed by atoms with E-state index in [0.717, 1.165) is 30.5 Å². The fourth-order valence-electron chi connectivity index (χ4n) is 3.64. The van der Waals surface area contributed by atoms with Crippen molar-refractivity contribution in [3.8, 4) is 11.3 Å². The lowest BCUT2D eigenvalue weighted by Crippen LogP contribution is -2.38. The number of nitrogens with one attached hydrogen (secondary N) is 2. The van der Waals surface area contributed by atoms with Crippen LogP contribution >= 0.6 is 0 Å². The van der Waals surface area contributed by atoms with Crippen LogP contribution in [-0.2, 0) is 12.7 Å². The van der Waals surface area contributed by atoms with Crippen LogP contribution in [0.25, 0.3) is 11.3 Å². The Labute approximate surface area is 189 Å². The molecule has 1 aliphatic heterocycles. The van der Waals surface area contributed by atoms with Crippen molar-refractivity contribution in [1.82, 2.24) is 4.98 Å². The van der Waals surface area contributed by atoms with Crippen LogP contribution in [0.5, 0.6) is 0 Å². The third kappa shape index (κ3) is 5.25. The number of urea groups is 1. The number of nitrogens with two attached hydrogens (primary N) is 1. The van der Waals surface area contributed by atoms with Crippen molar-refractivity contribution < 1.29 is 18.0 Å². The second-order valence-corrected chi connectivity index (χ2v) is 7.76. The third-order valence-corrected chi connectivity index (χ3v) is 5.43. The van der Waals surface area contributed by atoms with Crippen LogP contribution < -0.4 is 21.3 Å². The third-order valence-electron chi connectivity index (χ3n) is 5.43. The molecule has 0 fully saturated rings. The van der Waals surface area contributed by atoms with Gasteiger partial charge >= 0.3 is 12.2 Å². The van der Waals surface area contributed by atoms with Crippen molar-refractivity contribution >= 4 is 23.2 Å². The van der Waals surface area contributed by atoms with E-state index in [0.29, 0.717) is 48.1 Å². The molecule has 0 aliphatic carbocycles. The van der Waals surface area contributed by atoms with Crippen molar-refractivity contribution in [3.63, 3.8) is 0 Å². The van der Waals surface area contributed by atoms with Gasteiger partial charge in [0.05, 0.1) is 16.9 Å². The average Bonchev–Trinajstić information content (AvgIpc) is 2.79. The maximum atomic E-state index is 13.2. The number of carbonyl (C=O) groups excluding carboxylic acids is 1. The number of nitrogens with zero attached hydrogens (tertiary/aromatic N) is 2. The van der Waals surface area contributed by atoms with Gasteiger partial charge in [-0.15, -0.1) is 0 Å². The van der Waals surface area contributed by atoms with E-state index in [-0.39, 0.29) is 6.03 Å². The molecule has 0 unspecified atom stereocenters. The van der Waals surface area contributed by atoms with Gasteiger partial charge in [0.1, 0.15) is 0 Å². The van der Waals surface area contributed by atoms with Gasteiger partial charge in [0, 0.05) is 30.9 Å². The summed E-state index contributed by atoms with van der Waals surface area (Å²) < 4.78 is 39.5. The summed E-state index contributed by atoms with van der Waals surface area (Å²) in [4.78, 5) is 19.3. The van der Waals surface area contributed by atoms with E-state index in [9.17, 15) is 18.0 Å². The van der Waals surface area contributed by atoms with E-state index in [1.165, 1.54) is 11.0 Å². The molecular formula is C24H24F3N5O. The number of alkyl halides is 3. The molecule has 3 aromatic rings. The second kappa shape index (κ2) is 9.50. The molecule has 2 amide bonds. The minimum atomic E-state index is -4.45. The van der Waals surface area contributed by atoms with Gasteiger partial charge < -0.3 is 16.4 Å². The summed E-state index contributed by atoms with van der Waals surface area (Å²) in [6.07, 6.45) is -2.84. The Morgan fingerprint density at radius 3 is 2.61 bits per heavy atom. The van der Waals surface area contributed by atoms with E-state index < -0.39 is 11.7 Å². The normalized spacial score (nSPS) is 14.0. The maximum Gasteiger partial charge on any atom is 0.416 e. The van der Waals surface area contributed by atoms with Gasteiger partial charge in [-0.25, -0.2) is 9.78 Å². The second-order valence-electron chi connectivity index (χ2n) is 7.76. The molecule has 0 spiro atoms. The first-order valence-corrected chi connectivity index (χ1v) is 10.7. The highest BCUT2D eigenvalue weighted by Gasteiger charge is 2.30. The summed E-state index contributed by atoms with van der Waals surface area (Å²) in [5, 5.41) is 6.14. The Morgan fingerprint density at radius 2 is 1.88 bits per heavy atom. The highest BCUT2D eigenvalue weighted by molar-refractivity contribution is 6.03. The maximum absolute atomic E-state index is 13.2. The van der Waals surface area contributed by atoms with Crippen molar-refractivity contribution in [3.05, 3.63) is 71.8 Å². The van der Waals surface area contributed by atoms with Gasteiger partial charge in [-0.2, -0.15) is 13.2 Å². The van der Waals surface area contributed by atoms with E-state index in [1.54, 1.807) is 30.3 Å². The summed E-state index contributed by atoms with van der Waals surface area (Å²) in [6.45, 7) is 1.55. The quantitative estimate of drug-likeness (QED) is 0.489. The van der Waals surface area contributed by atoms with E-state index in [1.807, 2.05) is 12.1 Å². The van der Waals surface area contributed by atoms with E-state index in [4.69, 9.17) is 5.73 Å². The highest BCUT2D eigenvalue weighted by atomic mass is 19.4. The zero-order valence-electron chi connectivity index (χ0n) is 17.8. The molecule has 2 heterocycles. The number of aromatic nitrogens is 1. The zero-order valence-corrected chi connectivity index (χ0v) is 17.8. The lowest BCUT2D eigenvalue weighted by atomic mass is 10.1. The van der Waals surface area contributed by atoms with Crippen molar-refractivity contribution in [2.24, 2.45) is 5.73 Å². The lowest BCUT2D eigenvalue weighted by Gasteiger charge is -2.27. The lowest BCUT2D eigenvalue weighted by molar-refractivity contribution is -0.137. The van der Waals surface area contributed by atoms with Crippen LogP contribution in [0.15, 0.2) is 60.7 Å². The monoisotopic (exact) mass is 455 g/mol.